The summed E-state index contributed by atoms with van der Waals surface area (Å²) in [6, 6.07) is 11.7. The van der Waals surface area contributed by atoms with Crippen molar-refractivity contribution in [3.8, 4) is 11.1 Å². The number of nitrogens with one attached hydrogen (secondary N) is 2. The average Bonchev–Trinajstić information content (AvgIpc) is 2.93. The number of hydrogen-bond acceptors (Lipinski definition) is 5. The van der Waals surface area contributed by atoms with E-state index in [2.05, 4.69) is 23.6 Å². The Morgan fingerprint density at radius 2 is 1.82 bits per heavy atom. The number of nitrogens with zero attached hydrogens (tertiary/aromatic N) is 1. The zero-order valence-electron chi connectivity index (χ0n) is 24.4. The standard InChI is InChI=1S/C32H47N3O3S/c1-6-25(18-23-13-8-7-9-14-23)33-21-24-19-27(26-15-11-10-12-22(26)2)28(20-30(24)35(3)4)31(36)34-29(32(37)38)16-17-39-5/h10-12,15,19-20,23,25,29,33H,6-9,13-14,16-18,21H2,1-5H3,(H,34,36)(H,37,38). The van der Waals surface area contributed by atoms with Crippen LogP contribution in [0.1, 0.15) is 79.8 Å². The predicted molar refractivity (Wildman–Crippen MR) is 165 cm³/mol. The first kappa shape index (κ1) is 31.0. The largest absolute Gasteiger partial charge is 0.480 e. The fourth-order valence-corrected chi connectivity index (χ4v) is 6.15. The molecule has 0 spiro atoms. The van der Waals surface area contributed by atoms with Gasteiger partial charge in [0.15, 0.2) is 0 Å². The van der Waals surface area contributed by atoms with Gasteiger partial charge in [-0.05, 0) is 78.5 Å². The van der Waals surface area contributed by atoms with Crippen LogP contribution < -0.4 is 15.5 Å². The summed E-state index contributed by atoms with van der Waals surface area (Å²) in [6.45, 7) is 5.02. The lowest BCUT2D eigenvalue weighted by molar-refractivity contribution is -0.139. The van der Waals surface area contributed by atoms with Gasteiger partial charge in [0.25, 0.3) is 5.91 Å². The minimum atomic E-state index is -1.01. The van der Waals surface area contributed by atoms with E-state index < -0.39 is 12.0 Å². The van der Waals surface area contributed by atoms with E-state index in [1.54, 1.807) is 11.8 Å². The molecule has 2 unspecified atom stereocenters. The van der Waals surface area contributed by atoms with Gasteiger partial charge in [-0.1, -0.05) is 63.3 Å². The molecular formula is C32H47N3O3S. The molecule has 1 amide bonds. The summed E-state index contributed by atoms with van der Waals surface area (Å²) in [7, 11) is 3.98. The first-order valence-electron chi connectivity index (χ1n) is 14.4. The maximum Gasteiger partial charge on any atom is 0.326 e. The zero-order valence-corrected chi connectivity index (χ0v) is 25.2. The number of carboxylic acids is 1. The van der Waals surface area contributed by atoms with Crippen molar-refractivity contribution >= 4 is 29.3 Å². The van der Waals surface area contributed by atoms with Crippen molar-refractivity contribution in [3.63, 3.8) is 0 Å². The lowest BCUT2D eigenvalue weighted by Gasteiger charge is -2.28. The molecule has 0 aromatic heterocycles. The lowest BCUT2D eigenvalue weighted by Crippen LogP contribution is -2.41. The molecule has 214 valence electrons. The molecule has 6 nitrogen and oxygen atoms in total. The van der Waals surface area contributed by atoms with Crippen LogP contribution in [0.3, 0.4) is 0 Å². The quantitative estimate of drug-likeness (QED) is 0.248. The van der Waals surface area contributed by atoms with Crippen molar-refractivity contribution < 1.29 is 14.7 Å². The molecule has 1 aliphatic carbocycles. The molecule has 2 atom stereocenters. The Kier molecular flexibility index (Phi) is 12.2. The maximum absolute atomic E-state index is 13.6. The molecule has 2 aromatic rings. The molecule has 0 radical (unpaired) electrons. The van der Waals surface area contributed by atoms with Crippen molar-refractivity contribution in [2.24, 2.45) is 5.92 Å². The first-order valence-corrected chi connectivity index (χ1v) is 15.8. The molecule has 0 heterocycles. The smallest absolute Gasteiger partial charge is 0.326 e. The Balaban J connectivity index is 1.96. The monoisotopic (exact) mass is 553 g/mol. The third kappa shape index (κ3) is 8.74. The molecule has 1 aliphatic rings. The second kappa shape index (κ2) is 15.3. The number of aryl methyl sites for hydroxylation is 1. The number of benzene rings is 2. The molecule has 39 heavy (non-hydrogen) atoms. The number of carbonyl (C=O) groups is 2. The fraction of sp³-hybridized carbons (Fsp3) is 0.562. The molecule has 0 aliphatic heterocycles. The summed E-state index contributed by atoms with van der Waals surface area (Å²) in [5, 5.41) is 16.4. The van der Waals surface area contributed by atoms with Crippen LogP contribution in [0.4, 0.5) is 5.69 Å². The van der Waals surface area contributed by atoms with E-state index in [0.29, 0.717) is 30.3 Å². The van der Waals surface area contributed by atoms with Gasteiger partial charge in [-0.25, -0.2) is 4.79 Å². The maximum atomic E-state index is 13.6. The van der Waals surface area contributed by atoms with Crippen molar-refractivity contribution in [2.75, 3.05) is 31.0 Å². The fourth-order valence-electron chi connectivity index (χ4n) is 5.68. The number of rotatable bonds is 14. The molecule has 7 heteroatoms. The highest BCUT2D eigenvalue weighted by Gasteiger charge is 2.25. The highest BCUT2D eigenvalue weighted by molar-refractivity contribution is 7.98. The van der Waals surface area contributed by atoms with Gasteiger partial charge in [-0.3, -0.25) is 4.79 Å². The van der Waals surface area contributed by atoms with Crippen LogP contribution in [0.5, 0.6) is 0 Å². The van der Waals surface area contributed by atoms with Crippen molar-refractivity contribution in [1.29, 1.82) is 0 Å². The van der Waals surface area contributed by atoms with Gasteiger partial charge < -0.3 is 20.6 Å². The van der Waals surface area contributed by atoms with E-state index in [4.69, 9.17) is 0 Å². The lowest BCUT2D eigenvalue weighted by atomic mass is 9.84. The van der Waals surface area contributed by atoms with Gasteiger partial charge in [-0.2, -0.15) is 11.8 Å². The zero-order chi connectivity index (χ0) is 28.4. The van der Waals surface area contributed by atoms with E-state index >= 15 is 0 Å². The number of carbonyl (C=O) groups excluding carboxylic acids is 1. The minimum absolute atomic E-state index is 0.354. The van der Waals surface area contributed by atoms with Gasteiger partial charge in [0.2, 0.25) is 0 Å². The molecule has 0 saturated heterocycles. The Bertz CT molecular complexity index is 1100. The molecule has 1 saturated carbocycles. The molecule has 0 bridgehead atoms. The number of thioether (sulfide) groups is 1. The highest BCUT2D eigenvalue weighted by Crippen LogP contribution is 2.34. The number of hydrogen-bond donors (Lipinski definition) is 3. The number of amides is 1. The van der Waals surface area contributed by atoms with Crippen LogP contribution in [0, 0.1) is 12.8 Å². The summed E-state index contributed by atoms with van der Waals surface area (Å²) in [5.41, 5.74) is 5.50. The Labute approximate surface area is 239 Å². The summed E-state index contributed by atoms with van der Waals surface area (Å²) in [6.07, 6.45) is 11.4. The van der Waals surface area contributed by atoms with Crippen LogP contribution in [0.15, 0.2) is 36.4 Å². The third-order valence-corrected chi connectivity index (χ3v) is 8.66. The summed E-state index contributed by atoms with van der Waals surface area (Å²) < 4.78 is 0. The van der Waals surface area contributed by atoms with Crippen molar-refractivity contribution in [1.82, 2.24) is 10.6 Å². The van der Waals surface area contributed by atoms with Gasteiger partial charge >= 0.3 is 5.97 Å². The summed E-state index contributed by atoms with van der Waals surface area (Å²) in [5.74, 6) is 0.112. The molecule has 1 fully saturated rings. The second-order valence-corrected chi connectivity index (χ2v) is 12.1. The van der Waals surface area contributed by atoms with Crippen LogP contribution in [0.25, 0.3) is 11.1 Å². The average molecular weight is 554 g/mol. The van der Waals surface area contributed by atoms with Crippen molar-refractivity contribution in [2.45, 2.75) is 83.8 Å². The van der Waals surface area contributed by atoms with Crippen LogP contribution in [0.2, 0.25) is 0 Å². The van der Waals surface area contributed by atoms with E-state index in [9.17, 15) is 14.7 Å². The Morgan fingerprint density at radius 3 is 2.44 bits per heavy atom. The van der Waals surface area contributed by atoms with E-state index in [-0.39, 0.29) is 5.91 Å². The number of anilines is 1. The molecule has 3 rings (SSSR count). The van der Waals surface area contributed by atoms with Crippen LogP contribution in [-0.2, 0) is 11.3 Å². The van der Waals surface area contributed by atoms with Crippen LogP contribution >= 0.6 is 11.8 Å². The SMILES string of the molecule is CCC(CC1CCCCC1)NCc1cc(-c2ccccc2C)c(C(=O)NC(CCSC)C(=O)O)cc1N(C)C. The first-order chi connectivity index (χ1) is 18.7. The van der Waals surface area contributed by atoms with E-state index in [1.165, 1.54) is 38.5 Å². The van der Waals surface area contributed by atoms with Gasteiger partial charge in [0.05, 0.1) is 0 Å². The van der Waals surface area contributed by atoms with Gasteiger partial charge in [0.1, 0.15) is 6.04 Å². The third-order valence-electron chi connectivity index (χ3n) is 8.01. The second-order valence-electron chi connectivity index (χ2n) is 11.1. The van der Waals surface area contributed by atoms with Gasteiger partial charge in [-0.15, -0.1) is 0 Å². The predicted octanol–water partition coefficient (Wildman–Crippen LogP) is 6.50. The molecule has 3 N–H and O–H groups in total. The van der Waals surface area contributed by atoms with E-state index in [1.807, 2.05) is 62.5 Å². The minimum Gasteiger partial charge on any atom is -0.480 e. The molecule has 2 aromatic carbocycles. The van der Waals surface area contributed by atoms with Crippen molar-refractivity contribution in [3.05, 3.63) is 53.1 Å². The number of aliphatic carboxylic acids is 1. The van der Waals surface area contributed by atoms with E-state index in [0.717, 1.165) is 40.3 Å². The van der Waals surface area contributed by atoms with Gasteiger partial charge in [0, 0.05) is 37.9 Å². The summed E-state index contributed by atoms with van der Waals surface area (Å²) in [4.78, 5) is 27.6. The number of carboxylic acid groups (broad SMARTS) is 1. The Morgan fingerprint density at radius 1 is 1.10 bits per heavy atom. The molecular weight excluding hydrogens is 506 g/mol. The van der Waals surface area contributed by atoms with Crippen LogP contribution in [-0.4, -0.2) is 55.2 Å². The normalized spacial score (nSPS) is 15.5. The topological polar surface area (TPSA) is 81.7 Å². The summed E-state index contributed by atoms with van der Waals surface area (Å²) >= 11 is 1.57. The Hall–Kier alpha value is -2.51. The highest BCUT2D eigenvalue weighted by atomic mass is 32.2.